The first-order valence-electron chi connectivity index (χ1n) is 4.93. The van der Waals surface area contributed by atoms with E-state index < -0.39 is 16.7 Å². The van der Waals surface area contributed by atoms with Crippen molar-refractivity contribution < 1.29 is 24.1 Å². The number of methoxy groups -OCH3 is 1. The first kappa shape index (κ1) is 12.5. The van der Waals surface area contributed by atoms with E-state index in [1.807, 2.05) is 0 Å². The number of aromatic carboxylic acids is 1. The van der Waals surface area contributed by atoms with E-state index in [-0.39, 0.29) is 22.9 Å². The van der Waals surface area contributed by atoms with Crippen LogP contribution in [-0.4, -0.2) is 33.2 Å². The lowest BCUT2D eigenvalue weighted by molar-refractivity contribution is -0.385. The molecule has 0 unspecified atom stereocenters. The van der Waals surface area contributed by atoms with Gasteiger partial charge in [-0.05, 0) is 11.2 Å². The van der Waals surface area contributed by atoms with E-state index in [1.54, 1.807) is 0 Å². The van der Waals surface area contributed by atoms with E-state index in [0.29, 0.717) is 0 Å². The van der Waals surface area contributed by atoms with Crippen LogP contribution >= 0.6 is 0 Å². The fourth-order valence-corrected chi connectivity index (χ4v) is 1.47. The predicted molar refractivity (Wildman–Crippen MR) is 59.9 cm³/mol. The molecular formula is C10H7N3O6. The molecule has 0 saturated carbocycles. The summed E-state index contributed by atoms with van der Waals surface area (Å²) in [6, 6.07) is 4.10. The molecule has 0 radical (unpaired) electrons. The highest BCUT2D eigenvalue weighted by molar-refractivity contribution is 5.83. The fourth-order valence-electron chi connectivity index (χ4n) is 1.47. The Bertz CT molecular complexity index is 650. The van der Waals surface area contributed by atoms with Gasteiger partial charge in [0.1, 0.15) is 0 Å². The number of hydrogen-bond donors (Lipinski definition) is 1. The van der Waals surface area contributed by atoms with Crippen LogP contribution in [0.5, 0.6) is 5.75 Å². The van der Waals surface area contributed by atoms with Crippen LogP contribution in [0.1, 0.15) is 10.6 Å². The highest BCUT2D eigenvalue weighted by Crippen LogP contribution is 2.36. The average Bonchev–Trinajstić information content (AvgIpc) is 2.87. The molecule has 2 aromatic rings. The van der Waals surface area contributed by atoms with E-state index in [0.717, 1.165) is 0 Å². The van der Waals surface area contributed by atoms with Gasteiger partial charge in [0.2, 0.25) is 5.75 Å². The molecule has 0 aliphatic heterocycles. The Morgan fingerprint density at radius 3 is 2.79 bits per heavy atom. The minimum Gasteiger partial charge on any atom is -0.490 e. The number of ether oxygens (including phenoxy) is 1. The molecule has 1 N–H and O–H groups in total. The van der Waals surface area contributed by atoms with Gasteiger partial charge in [-0.1, -0.05) is 6.07 Å². The van der Waals surface area contributed by atoms with Gasteiger partial charge in [0.15, 0.2) is 0 Å². The summed E-state index contributed by atoms with van der Waals surface area (Å²) in [5.41, 5.74) is -0.133. The molecule has 9 heteroatoms. The molecular weight excluding hydrogens is 258 g/mol. The number of rotatable bonds is 4. The first-order chi connectivity index (χ1) is 9.04. The van der Waals surface area contributed by atoms with Crippen molar-refractivity contribution in [2.24, 2.45) is 0 Å². The molecule has 0 atom stereocenters. The van der Waals surface area contributed by atoms with Crippen molar-refractivity contribution in [1.29, 1.82) is 0 Å². The van der Waals surface area contributed by atoms with E-state index in [2.05, 4.69) is 10.1 Å². The Kier molecular flexibility index (Phi) is 3.10. The number of nitrogens with zero attached hydrogens (tertiary/aromatic N) is 3. The summed E-state index contributed by atoms with van der Waals surface area (Å²) in [5, 5.41) is 22.8. The van der Waals surface area contributed by atoms with E-state index in [9.17, 15) is 14.9 Å². The standard InChI is InChI=1S/C10H7N3O6/c1-18-7-5(3-2-4-6(7)13(16)17)9-11-8(10(14)15)12-19-9/h2-4H,1H3,(H,14,15). The molecule has 1 heterocycles. The van der Waals surface area contributed by atoms with Crippen molar-refractivity contribution >= 4 is 11.7 Å². The summed E-state index contributed by atoms with van der Waals surface area (Å²) in [6.45, 7) is 0. The number of nitro groups is 1. The second kappa shape index (κ2) is 4.72. The quantitative estimate of drug-likeness (QED) is 0.647. The molecule has 19 heavy (non-hydrogen) atoms. The lowest BCUT2D eigenvalue weighted by Gasteiger charge is -2.04. The molecule has 0 aliphatic carbocycles. The van der Waals surface area contributed by atoms with Gasteiger partial charge in [0.05, 0.1) is 17.6 Å². The van der Waals surface area contributed by atoms with Crippen molar-refractivity contribution in [3.63, 3.8) is 0 Å². The lowest BCUT2D eigenvalue weighted by Crippen LogP contribution is -1.99. The number of aromatic nitrogens is 2. The summed E-state index contributed by atoms with van der Waals surface area (Å²) < 4.78 is 9.69. The van der Waals surface area contributed by atoms with Crippen LogP contribution in [0, 0.1) is 10.1 Å². The normalized spacial score (nSPS) is 10.2. The van der Waals surface area contributed by atoms with Crippen LogP contribution in [-0.2, 0) is 0 Å². The topological polar surface area (TPSA) is 129 Å². The maximum absolute atomic E-state index is 10.8. The average molecular weight is 265 g/mol. The Labute approximate surface area is 105 Å². The second-order valence-electron chi connectivity index (χ2n) is 3.34. The van der Waals surface area contributed by atoms with Crippen molar-refractivity contribution in [2.45, 2.75) is 0 Å². The molecule has 1 aromatic heterocycles. The highest BCUT2D eigenvalue weighted by Gasteiger charge is 2.23. The molecule has 0 spiro atoms. The minimum absolute atomic E-state index is 0.0758. The van der Waals surface area contributed by atoms with Gasteiger partial charge in [0.25, 0.3) is 11.7 Å². The molecule has 0 aliphatic rings. The van der Waals surface area contributed by atoms with Crippen LogP contribution in [0.2, 0.25) is 0 Å². The summed E-state index contributed by atoms with van der Waals surface area (Å²) in [5.74, 6) is -2.14. The van der Waals surface area contributed by atoms with Gasteiger partial charge in [-0.3, -0.25) is 10.1 Å². The smallest absolute Gasteiger partial charge is 0.377 e. The van der Waals surface area contributed by atoms with Gasteiger partial charge in [-0.25, -0.2) is 4.79 Å². The number of carboxylic acids is 1. The minimum atomic E-state index is -1.36. The van der Waals surface area contributed by atoms with E-state index in [1.165, 1.54) is 25.3 Å². The summed E-state index contributed by atoms with van der Waals surface area (Å²) in [7, 11) is 1.25. The molecule has 98 valence electrons. The van der Waals surface area contributed by atoms with Crippen molar-refractivity contribution in [2.75, 3.05) is 7.11 Å². The number of benzene rings is 1. The molecule has 0 bridgehead atoms. The molecule has 0 saturated heterocycles. The van der Waals surface area contributed by atoms with Crippen LogP contribution in [0.25, 0.3) is 11.5 Å². The SMILES string of the molecule is COc1c(-c2nc(C(=O)O)no2)cccc1[N+](=O)[O-]. The highest BCUT2D eigenvalue weighted by atomic mass is 16.6. The maximum Gasteiger partial charge on any atom is 0.377 e. The molecule has 1 aromatic carbocycles. The van der Waals surface area contributed by atoms with Crippen LogP contribution in [0.15, 0.2) is 22.7 Å². The second-order valence-corrected chi connectivity index (χ2v) is 3.34. The third-order valence-electron chi connectivity index (χ3n) is 2.24. The van der Waals surface area contributed by atoms with Gasteiger partial charge in [-0.15, -0.1) is 0 Å². The van der Waals surface area contributed by atoms with Gasteiger partial charge >= 0.3 is 11.7 Å². The lowest BCUT2D eigenvalue weighted by atomic mass is 10.1. The van der Waals surface area contributed by atoms with Crippen LogP contribution in [0.4, 0.5) is 5.69 Å². The predicted octanol–water partition coefficient (Wildman–Crippen LogP) is 1.35. The third kappa shape index (κ3) is 2.20. The molecule has 0 fully saturated rings. The Balaban J connectivity index is 2.58. The van der Waals surface area contributed by atoms with Crippen molar-refractivity contribution in [3.05, 3.63) is 34.1 Å². The summed E-state index contributed by atoms with van der Waals surface area (Å²) in [6.07, 6.45) is 0. The van der Waals surface area contributed by atoms with E-state index >= 15 is 0 Å². The summed E-state index contributed by atoms with van der Waals surface area (Å²) >= 11 is 0. The van der Waals surface area contributed by atoms with Gasteiger partial charge in [0, 0.05) is 6.07 Å². The summed E-state index contributed by atoms with van der Waals surface area (Å²) in [4.78, 5) is 24.5. The number of carboxylic acid groups (broad SMARTS) is 1. The monoisotopic (exact) mass is 265 g/mol. The number of hydrogen-bond acceptors (Lipinski definition) is 7. The van der Waals surface area contributed by atoms with Gasteiger partial charge in [-0.2, -0.15) is 4.98 Å². The molecule has 2 rings (SSSR count). The first-order valence-corrected chi connectivity index (χ1v) is 4.93. The van der Waals surface area contributed by atoms with Crippen molar-refractivity contribution in [3.8, 4) is 17.2 Å². The van der Waals surface area contributed by atoms with Crippen LogP contribution < -0.4 is 4.74 Å². The number of para-hydroxylation sites is 1. The maximum atomic E-state index is 10.8. The van der Waals surface area contributed by atoms with Gasteiger partial charge < -0.3 is 14.4 Å². The third-order valence-corrected chi connectivity index (χ3v) is 2.24. The number of carbonyl (C=O) groups is 1. The zero-order valence-corrected chi connectivity index (χ0v) is 9.56. The molecule has 9 nitrogen and oxygen atoms in total. The number of nitro benzene ring substituents is 1. The Morgan fingerprint density at radius 2 is 2.26 bits per heavy atom. The Hall–Kier alpha value is -2.97. The van der Waals surface area contributed by atoms with Crippen molar-refractivity contribution in [1.82, 2.24) is 10.1 Å². The van der Waals surface area contributed by atoms with Crippen LogP contribution in [0.3, 0.4) is 0 Å². The molecule has 0 amide bonds. The largest absolute Gasteiger partial charge is 0.490 e. The zero-order valence-electron chi connectivity index (χ0n) is 9.56. The van der Waals surface area contributed by atoms with E-state index in [4.69, 9.17) is 14.4 Å². The zero-order chi connectivity index (χ0) is 14.0. The fraction of sp³-hybridized carbons (Fsp3) is 0.100. The Morgan fingerprint density at radius 1 is 1.53 bits per heavy atom.